The summed E-state index contributed by atoms with van der Waals surface area (Å²) in [6.45, 7) is 2.00. The van der Waals surface area contributed by atoms with Crippen molar-refractivity contribution in [2.75, 3.05) is 11.9 Å². The van der Waals surface area contributed by atoms with Gasteiger partial charge >= 0.3 is 5.97 Å². The Hall–Kier alpha value is -1.59. The Morgan fingerprint density at radius 1 is 1.47 bits per heavy atom. The second-order valence-corrected chi connectivity index (χ2v) is 5.37. The molecule has 0 radical (unpaired) electrons. The summed E-state index contributed by atoms with van der Waals surface area (Å²) >= 11 is 7.47. The number of carbonyl (C=O) groups is 1. The molecule has 0 amide bonds. The molecule has 1 atom stereocenters. The Balaban J connectivity index is 2.25. The third-order valence-electron chi connectivity index (χ3n) is 2.95. The maximum atomic E-state index is 10.8. The van der Waals surface area contributed by atoms with Crippen molar-refractivity contribution in [3.05, 3.63) is 45.9 Å². The largest absolute Gasteiger partial charge is 0.476 e. The van der Waals surface area contributed by atoms with E-state index >= 15 is 0 Å². The molecule has 2 aromatic rings. The summed E-state index contributed by atoms with van der Waals surface area (Å²) in [6, 6.07) is 7.61. The Kier molecular flexibility index (Phi) is 4.07. The van der Waals surface area contributed by atoms with Crippen LogP contribution in [-0.2, 0) is 0 Å². The van der Waals surface area contributed by atoms with Gasteiger partial charge in [0.15, 0.2) is 10.8 Å². The summed E-state index contributed by atoms with van der Waals surface area (Å²) < 4.78 is 0. The van der Waals surface area contributed by atoms with E-state index in [1.165, 1.54) is 16.7 Å². The van der Waals surface area contributed by atoms with Crippen LogP contribution in [0.2, 0.25) is 5.02 Å². The van der Waals surface area contributed by atoms with Crippen LogP contribution in [0.25, 0.3) is 0 Å². The van der Waals surface area contributed by atoms with E-state index in [-0.39, 0.29) is 11.7 Å². The topological polar surface area (TPSA) is 53.4 Å². The van der Waals surface area contributed by atoms with E-state index < -0.39 is 5.97 Å². The fourth-order valence-electron chi connectivity index (χ4n) is 1.71. The first-order valence-corrected chi connectivity index (χ1v) is 6.92. The molecule has 1 unspecified atom stereocenters. The predicted octanol–water partition coefficient (Wildman–Crippen LogP) is 3.69. The highest BCUT2D eigenvalue weighted by Gasteiger charge is 2.18. The van der Waals surface area contributed by atoms with E-state index in [9.17, 15) is 4.79 Å². The summed E-state index contributed by atoms with van der Waals surface area (Å²) in [6.07, 6.45) is 0. The first-order valence-electron chi connectivity index (χ1n) is 5.66. The third kappa shape index (κ3) is 2.88. The van der Waals surface area contributed by atoms with Crippen LogP contribution in [0.4, 0.5) is 5.13 Å². The van der Waals surface area contributed by atoms with Crippen LogP contribution >= 0.6 is 22.9 Å². The van der Waals surface area contributed by atoms with Crippen LogP contribution in [-0.4, -0.2) is 23.1 Å². The van der Waals surface area contributed by atoms with Gasteiger partial charge in [-0.2, -0.15) is 0 Å². The van der Waals surface area contributed by atoms with Crippen LogP contribution in [0, 0.1) is 0 Å². The SMILES string of the molecule is CC(c1ccccc1Cl)N(C)c1nc(C(=O)O)cs1. The first kappa shape index (κ1) is 13.8. The Morgan fingerprint density at radius 2 is 2.16 bits per heavy atom. The predicted molar refractivity (Wildman–Crippen MR) is 77.3 cm³/mol. The Labute approximate surface area is 120 Å². The summed E-state index contributed by atoms with van der Waals surface area (Å²) in [4.78, 5) is 16.8. The first-order chi connectivity index (χ1) is 9.00. The second-order valence-electron chi connectivity index (χ2n) is 4.13. The summed E-state index contributed by atoms with van der Waals surface area (Å²) in [5, 5.41) is 11.8. The fourth-order valence-corrected chi connectivity index (χ4v) is 2.85. The van der Waals surface area contributed by atoms with E-state index in [2.05, 4.69) is 4.98 Å². The molecule has 19 heavy (non-hydrogen) atoms. The van der Waals surface area contributed by atoms with Crippen molar-refractivity contribution in [1.82, 2.24) is 4.98 Å². The minimum atomic E-state index is -1.01. The fraction of sp³-hybridized carbons (Fsp3) is 0.231. The molecule has 1 heterocycles. The van der Waals surface area contributed by atoms with Crippen molar-refractivity contribution in [2.24, 2.45) is 0 Å². The molecule has 1 aromatic heterocycles. The molecule has 1 aromatic carbocycles. The van der Waals surface area contributed by atoms with Crippen molar-refractivity contribution in [2.45, 2.75) is 13.0 Å². The van der Waals surface area contributed by atoms with Gasteiger partial charge in [0.25, 0.3) is 0 Å². The number of nitrogens with zero attached hydrogens (tertiary/aromatic N) is 2. The zero-order valence-electron chi connectivity index (χ0n) is 10.5. The van der Waals surface area contributed by atoms with Gasteiger partial charge in [0.1, 0.15) is 0 Å². The third-order valence-corrected chi connectivity index (χ3v) is 4.22. The zero-order valence-corrected chi connectivity index (χ0v) is 12.1. The highest BCUT2D eigenvalue weighted by atomic mass is 35.5. The number of carboxylic acid groups (broad SMARTS) is 1. The number of carboxylic acids is 1. The van der Waals surface area contributed by atoms with Gasteiger partial charge < -0.3 is 10.0 Å². The highest BCUT2D eigenvalue weighted by molar-refractivity contribution is 7.13. The number of aromatic carboxylic acids is 1. The number of benzene rings is 1. The van der Waals surface area contributed by atoms with Gasteiger partial charge in [0.05, 0.1) is 6.04 Å². The van der Waals surface area contributed by atoms with Gasteiger partial charge in [0.2, 0.25) is 0 Å². The molecule has 0 spiro atoms. The van der Waals surface area contributed by atoms with E-state index in [4.69, 9.17) is 16.7 Å². The van der Waals surface area contributed by atoms with Gasteiger partial charge in [-0.1, -0.05) is 29.8 Å². The van der Waals surface area contributed by atoms with Crippen molar-refractivity contribution in [3.8, 4) is 0 Å². The molecule has 2 rings (SSSR count). The molecule has 0 fully saturated rings. The van der Waals surface area contributed by atoms with Crippen molar-refractivity contribution in [1.29, 1.82) is 0 Å². The normalized spacial score (nSPS) is 12.2. The van der Waals surface area contributed by atoms with Gasteiger partial charge in [-0.15, -0.1) is 11.3 Å². The Bertz CT molecular complexity index is 600. The molecular weight excluding hydrogens is 284 g/mol. The number of hydrogen-bond acceptors (Lipinski definition) is 4. The van der Waals surface area contributed by atoms with Gasteiger partial charge in [-0.05, 0) is 18.6 Å². The van der Waals surface area contributed by atoms with Gasteiger partial charge in [-0.3, -0.25) is 0 Å². The highest BCUT2D eigenvalue weighted by Crippen LogP contribution is 2.31. The van der Waals surface area contributed by atoms with Crippen LogP contribution < -0.4 is 4.90 Å². The summed E-state index contributed by atoms with van der Waals surface area (Å²) in [5.41, 5.74) is 1.05. The quantitative estimate of drug-likeness (QED) is 0.935. The van der Waals surface area contributed by atoms with Gasteiger partial charge in [-0.25, -0.2) is 9.78 Å². The molecule has 100 valence electrons. The second kappa shape index (κ2) is 5.59. The number of thiazole rings is 1. The Morgan fingerprint density at radius 3 is 2.74 bits per heavy atom. The van der Waals surface area contributed by atoms with Crippen LogP contribution in [0.3, 0.4) is 0 Å². The van der Waals surface area contributed by atoms with E-state index in [0.717, 1.165) is 5.56 Å². The van der Waals surface area contributed by atoms with Crippen LogP contribution in [0.15, 0.2) is 29.6 Å². The van der Waals surface area contributed by atoms with Crippen molar-refractivity contribution >= 4 is 34.0 Å². The average Bonchev–Trinajstić information content (AvgIpc) is 2.87. The summed E-state index contributed by atoms with van der Waals surface area (Å²) in [7, 11) is 1.87. The number of anilines is 1. The zero-order chi connectivity index (χ0) is 14.0. The number of hydrogen-bond donors (Lipinski definition) is 1. The molecule has 0 bridgehead atoms. The lowest BCUT2D eigenvalue weighted by atomic mass is 10.1. The molecular formula is C13H13ClN2O2S. The van der Waals surface area contributed by atoms with Crippen LogP contribution in [0.1, 0.15) is 29.0 Å². The number of halogens is 1. The maximum absolute atomic E-state index is 10.8. The lowest BCUT2D eigenvalue weighted by Crippen LogP contribution is -2.21. The van der Waals surface area contributed by atoms with Crippen LogP contribution in [0.5, 0.6) is 0 Å². The van der Waals surface area contributed by atoms with Crippen molar-refractivity contribution in [3.63, 3.8) is 0 Å². The number of aromatic nitrogens is 1. The van der Waals surface area contributed by atoms with E-state index in [0.29, 0.717) is 10.2 Å². The molecule has 0 aliphatic heterocycles. The standard InChI is InChI=1S/C13H13ClN2O2S/c1-8(9-5-3-4-6-10(9)14)16(2)13-15-11(7-19-13)12(17)18/h3-8H,1-2H3,(H,17,18). The minimum Gasteiger partial charge on any atom is -0.476 e. The van der Waals surface area contributed by atoms with Gasteiger partial charge in [0, 0.05) is 17.5 Å². The van der Waals surface area contributed by atoms with E-state index in [1.807, 2.05) is 43.1 Å². The maximum Gasteiger partial charge on any atom is 0.355 e. The lowest BCUT2D eigenvalue weighted by molar-refractivity contribution is 0.0691. The average molecular weight is 297 g/mol. The smallest absolute Gasteiger partial charge is 0.355 e. The molecule has 0 saturated heterocycles. The lowest BCUT2D eigenvalue weighted by Gasteiger charge is -2.25. The molecule has 6 heteroatoms. The molecule has 4 nitrogen and oxygen atoms in total. The molecule has 0 aliphatic rings. The number of rotatable bonds is 4. The minimum absolute atomic E-state index is 0.0153. The molecule has 0 saturated carbocycles. The van der Waals surface area contributed by atoms with Crippen molar-refractivity contribution < 1.29 is 9.90 Å². The van der Waals surface area contributed by atoms with E-state index in [1.54, 1.807) is 0 Å². The molecule has 1 N–H and O–H groups in total. The molecule has 0 aliphatic carbocycles. The monoisotopic (exact) mass is 296 g/mol. The summed E-state index contributed by atoms with van der Waals surface area (Å²) in [5.74, 6) is -1.01.